The van der Waals surface area contributed by atoms with Crippen molar-refractivity contribution in [3.8, 4) is 0 Å². The van der Waals surface area contributed by atoms with Crippen molar-refractivity contribution in [2.45, 2.75) is 4.90 Å². The number of aromatic nitrogens is 1. The molecule has 5 aromatic carbocycles. The molecule has 7 aromatic rings. The van der Waals surface area contributed by atoms with Gasteiger partial charge in [-0.2, -0.15) is 10.6 Å². The van der Waals surface area contributed by atoms with Crippen molar-refractivity contribution in [1.82, 2.24) is 4.98 Å². The van der Waals surface area contributed by atoms with Crippen molar-refractivity contribution in [2.75, 3.05) is 7.05 Å². The fourth-order valence-corrected chi connectivity index (χ4v) is 6.13. The first kappa shape index (κ1) is 23.3. The van der Waals surface area contributed by atoms with Crippen LogP contribution in [-0.2, 0) is 45.3 Å². The Labute approximate surface area is 232 Å². The van der Waals surface area contributed by atoms with E-state index in [4.69, 9.17) is 12.6 Å². The summed E-state index contributed by atoms with van der Waals surface area (Å²) >= 11 is 7.27. The number of hydrogen-bond acceptors (Lipinski definition) is 2. The zero-order valence-electron chi connectivity index (χ0n) is 18.6. The number of thiophene rings is 1. The first-order chi connectivity index (χ1) is 16.2. The minimum absolute atomic E-state index is 0. The first-order valence-corrected chi connectivity index (χ1v) is 12.1. The third kappa shape index (κ3) is 3.89. The molecule has 0 amide bonds. The fourth-order valence-electron chi connectivity index (χ4n) is 4.57. The summed E-state index contributed by atoms with van der Waals surface area (Å²) < 4.78 is 2.54. The molecule has 2 aromatic heterocycles. The molecule has 7 rings (SSSR count). The fraction of sp³-hybridized carbons (Fsp3) is 0.0345. The van der Waals surface area contributed by atoms with Crippen LogP contribution in [0.4, 0.5) is 5.69 Å². The molecular weight excluding hydrogens is 529 g/mol. The molecule has 0 unspecified atom stereocenters. The third-order valence-electron chi connectivity index (χ3n) is 6.11. The largest absolute Gasteiger partial charge is 0.780 e. The van der Waals surface area contributed by atoms with Crippen molar-refractivity contribution in [3.63, 3.8) is 0 Å². The maximum absolute atomic E-state index is 5.49. The van der Waals surface area contributed by atoms with E-state index in [1.807, 2.05) is 6.07 Å². The number of fused-ring (bicyclic) bond motifs is 8. The number of para-hydroxylation sites is 1. The van der Waals surface area contributed by atoms with Crippen LogP contribution < -0.4 is 0 Å². The van der Waals surface area contributed by atoms with Gasteiger partial charge >= 0.3 is 0 Å². The second kappa shape index (κ2) is 9.63. The van der Waals surface area contributed by atoms with Gasteiger partial charge in [-0.1, -0.05) is 72.8 Å². The van der Waals surface area contributed by atoms with Crippen LogP contribution in [0.5, 0.6) is 0 Å². The Morgan fingerprint density at radius 2 is 1.35 bits per heavy atom. The minimum Gasteiger partial charge on any atom is -0.780 e. The monoisotopic (exact) mass is 549 g/mol. The maximum atomic E-state index is 5.49. The van der Waals surface area contributed by atoms with E-state index >= 15 is 0 Å². The molecular formula is C29H20N2S2Y-2. The Bertz CT molecular complexity index is 1780. The average molecular weight is 550 g/mol. The standard InChI is InChI=1S/C16H11N.C13H10NS2.Y/c1-2-6-12-11(5-1)9-10-15-16(12)13-7-3-4-8-14(13)17-15;1-14-9-6-7-11-12(13(9)15)8-4-2-3-5-10(8)16-11;/h1-10,17H;2-7,15H,1H3;/q;-1;/p-1. The summed E-state index contributed by atoms with van der Waals surface area (Å²) in [6, 6.07) is 33.8. The van der Waals surface area contributed by atoms with Gasteiger partial charge in [0.05, 0.1) is 0 Å². The van der Waals surface area contributed by atoms with Crippen molar-refractivity contribution in [1.29, 1.82) is 0 Å². The molecule has 0 bridgehead atoms. The molecule has 163 valence electrons. The number of aromatic amines is 1. The quantitative estimate of drug-likeness (QED) is 0.204. The van der Waals surface area contributed by atoms with Gasteiger partial charge in [0.2, 0.25) is 0 Å². The topological polar surface area (TPSA) is 29.9 Å². The van der Waals surface area contributed by atoms with E-state index in [1.165, 1.54) is 52.8 Å². The van der Waals surface area contributed by atoms with Gasteiger partial charge in [0.25, 0.3) is 0 Å². The zero-order chi connectivity index (χ0) is 22.4. The Morgan fingerprint density at radius 3 is 2.18 bits per heavy atom. The second-order valence-electron chi connectivity index (χ2n) is 7.99. The molecule has 34 heavy (non-hydrogen) atoms. The van der Waals surface area contributed by atoms with Crippen LogP contribution in [0.15, 0.2) is 102 Å². The number of rotatable bonds is 1. The van der Waals surface area contributed by atoms with Crippen LogP contribution in [0.3, 0.4) is 0 Å². The molecule has 0 spiro atoms. The van der Waals surface area contributed by atoms with Crippen molar-refractivity contribution in [3.05, 3.63) is 102 Å². The van der Waals surface area contributed by atoms with E-state index in [1.54, 1.807) is 18.4 Å². The van der Waals surface area contributed by atoms with E-state index in [0.717, 1.165) is 10.6 Å². The predicted molar refractivity (Wildman–Crippen MR) is 147 cm³/mol. The molecule has 0 fully saturated rings. The molecule has 0 atom stereocenters. The van der Waals surface area contributed by atoms with Crippen LogP contribution in [0.2, 0.25) is 0 Å². The average Bonchev–Trinajstić information content (AvgIpc) is 3.43. The van der Waals surface area contributed by atoms with Gasteiger partial charge in [-0.15, -0.1) is 18.4 Å². The second-order valence-corrected chi connectivity index (χ2v) is 9.48. The summed E-state index contributed by atoms with van der Waals surface area (Å²) in [6.07, 6.45) is 0. The number of nitrogens with one attached hydrogen (secondary N) is 1. The normalized spacial score (nSPS) is 11.0. The first-order valence-electron chi connectivity index (χ1n) is 10.8. The molecule has 2 nitrogen and oxygen atoms in total. The maximum Gasteiger partial charge on any atom is 0.0471 e. The van der Waals surface area contributed by atoms with Gasteiger partial charge in [0, 0.05) is 63.9 Å². The van der Waals surface area contributed by atoms with Crippen LogP contribution >= 0.6 is 11.3 Å². The van der Waals surface area contributed by atoms with E-state index in [2.05, 4.69) is 101 Å². The van der Waals surface area contributed by atoms with E-state index in [9.17, 15) is 0 Å². The van der Waals surface area contributed by atoms with Gasteiger partial charge in [-0.25, -0.2) is 0 Å². The van der Waals surface area contributed by atoms with Gasteiger partial charge in [-0.05, 0) is 45.8 Å². The molecule has 0 saturated carbocycles. The SMILES string of the molecule is C[N-]c1ccc2sc3ccccc3c2c1[S-].[Y].c1ccc2c(c1)ccc1[nH]c3ccccc3c12. The molecule has 1 N–H and O–H groups in total. The number of benzene rings is 5. The van der Waals surface area contributed by atoms with Gasteiger partial charge < -0.3 is 22.9 Å². The number of H-pyrrole nitrogens is 1. The molecule has 0 aliphatic heterocycles. The van der Waals surface area contributed by atoms with Crippen LogP contribution in [0, 0.1) is 0 Å². The minimum atomic E-state index is 0. The summed E-state index contributed by atoms with van der Waals surface area (Å²) in [5.41, 5.74) is 3.33. The molecule has 1 radical (unpaired) electrons. The van der Waals surface area contributed by atoms with Crippen molar-refractivity contribution in [2.24, 2.45) is 0 Å². The third-order valence-corrected chi connectivity index (χ3v) is 7.66. The van der Waals surface area contributed by atoms with Gasteiger partial charge in [0.1, 0.15) is 0 Å². The summed E-state index contributed by atoms with van der Waals surface area (Å²) in [5.74, 6) is 0. The number of hydrogen-bond donors (Lipinski definition) is 1. The van der Waals surface area contributed by atoms with Crippen molar-refractivity contribution < 1.29 is 32.7 Å². The summed E-state index contributed by atoms with van der Waals surface area (Å²) in [6.45, 7) is 0. The molecule has 0 aliphatic carbocycles. The summed E-state index contributed by atoms with van der Waals surface area (Å²) in [5, 5.41) is 11.9. The summed E-state index contributed by atoms with van der Waals surface area (Å²) in [4.78, 5) is 4.34. The van der Waals surface area contributed by atoms with E-state index in [0.29, 0.717) is 0 Å². The smallest absolute Gasteiger partial charge is 0.0471 e. The Balaban J connectivity index is 0.000000138. The molecule has 0 saturated heterocycles. The Hall–Kier alpha value is -2.50. The molecule has 5 heteroatoms. The van der Waals surface area contributed by atoms with Gasteiger partial charge in [-0.3, -0.25) is 0 Å². The summed E-state index contributed by atoms with van der Waals surface area (Å²) in [7, 11) is 1.78. The van der Waals surface area contributed by atoms with E-state index < -0.39 is 0 Å². The van der Waals surface area contributed by atoms with Crippen LogP contribution in [0.25, 0.3) is 58.1 Å². The zero-order valence-corrected chi connectivity index (χ0v) is 23.0. The molecule has 2 heterocycles. The van der Waals surface area contributed by atoms with Crippen molar-refractivity contribution >= 4 is 82.4 Å². The van der Waals surface area contributed by atoms with Crippen LogP contribution in [0.1, 0.15) is 0 Å². The number of nitrogens with zero attached hydrogens (tertiary/aromatic N) is 1. The Morgan fingerprint density at radius 1 is 0.647 bits per heavy atom. The van der Waals surface area contributed by atoms with E-state index in [-0.39, 0.29) is 32.7 Å². The predicted octanol–water partition coefficient (Wildman–Crippen LogP) is 9.07. The Kier molecular flexibility index (Phi) is 6.59. The van der Waals surface area contributed by atoms with Gasteiger partial charge in [0.15, 0.2) is 0 Å². The van der Waals surface area contributed by atoms with Crippen LogP contribution in [-0.4, -0.2) is 12.0 Å². The molecule has 0 aliphatic rings.